The van der Waals surface area contributed by atoms with E-state index in [1.165, 1.54) is 16.7 Å². The van der Waals surface area contributed by atoms with Crippen molar-refractivity contribution >= 4 is 0 Å². The van der Waals surface area contributed by atoms with Crippen molar-refractivity contribution < 1.29 is 0 Å². The first-order valence-corrected chi connectivity index (χ1v) is 8.78. The summed E-state index contributed by atoms with van der Waals surface area (Å²) in [5, 5.41) is 3.36. The van der Waals surface area contributed by atoms with E-state index in [4.69, 9.17) is 0 Å². The molecule has 0 aromatic rings. The fraction of sp³-hybridized carbons (Fsp3) is 0.391. The van der Waals surface area contributed by atoms with Crippen LogP contribution < -0.4 is 5.32 Å². The zero-order chi connectivity index (χ0) is 18.5. The lowest BCUT2D eigenvalue weighted by atomic mass is 10.0. The molecule has 0 bridgehead atoms. The number of hydrogen-bond donors (Lipinski definition) is 1. The van der Waals surface area contributed by atoms with E-state index in [-0.39, 0.29) is 0 Å². The Balaban J connectivity index is 4.70. The SMILES string of the molecule is C=C/C(C)=C(C)\C=C/CC/C=C\C(=C)/C(NC(=C)C)=C(\C)CCC. The van der Waals surface area contributed by atoms with Crippen molar-refractivity contribution in [2.75, 3.05) is 0 Å². The van der Waals surface area contributed by atoms with Crippen LogP contribution in [0.3, 0.4) is 0 Å². The maximum atomic E-state index is 4.21. The predicted octanol–water partition coefficient (Wildman–Crippen LogP) is 7.15. The van der Waals surface area contributed by atoms with Crippen molar-refractivity contribution in [3.05, 3.63) is 83.8 Å². The summed E-state index contributed by atoms with van der Waals surface area (Å²) < 4.78 is 0. The molecule has 24 heavy (non-hydrogen) atoms. The molecule has 0 rings (SSSR count). The van der Waals surface area contributed by atoms with Gasteiger partial charge < -0.3 is 5.32 Å². The van der Waals surface area contributed by atoms with E-state index in [1.54, 1.807) is 0 Å². The molecular formula is C23H35N. The van der Waals surface area contributed by atoms with Crippen molar-refractivity contribution in [1.29, 1.82) is 0 Å². The average Bonchev–Trinajstić information content (AvgIpc) is 2.54. The van der Waals surface area contributed by atoms with Crippen molar-refractivity contribution in [2.24, 2.45) is 0 Å². The summed E-state index contributed by atoms with van der Waals surface area (Å²) in [5.74, 6) is 0. The number of hydrogen-bond acceptors (Lipinski definition) is 1. The van der Waals surface area contributed by atoms with Crippen molar-refractivity contribution in [3.8, 4) is 0 Å². The van der Waals surface area contributed by atoms with Crippen molar-refractivity contribution in [2.45, 2.75) is 60.3 Å². The van der Waals surface area contributed by atoms with Gasteiger partial charge in [-0.3, -0.25) is 0 Å². The second-order valence-electron chi connectivity index (χ2n) is 6.29. The molecule has 0 amide bonds. The average molecular weight is 326 g/mol. The van der Waals surface area contributed by atoms with Crippen LogP contribution in [0.2, 0.25) is 0 Å². The molecule has 0 aliphatic rings. The molecule has 0 aromatic carbocycles. The van der Waals surface area contributed by atoms with Gasteiger partial charge in [-0.2, -0.15) is 0 Å². The molecule has 0 saturated heterocycles. The lowest BCUT2D eigenvalue weighted by Gasteiger charge is -2.15. The molecule has 0 aliphatic heterocycles. The molecule has 0 aromatic heterocycles. The molecule has 0 radical (unpaired) electrons. The van der Waals surface area contributed by atoms with Crippen LogP contribution in [0.4, 0.5) is 0 Å². The molecule has 0 heterocycles. The molecule has 0 atom stereocenters. The van der Waals surface area contributed by atoms with Gasteiger partial charge in [0.2, 0.25) is 0 Å². The van der Waals surface area contributed by atoms with Gasteiger partial charge >= 0.3 is 0 Å². The Bertz CT molecular complexity index is 565. The van der Waals surface area contributed by atoms with Crippen LogP contribution in [0.15, 0.2) is 83.8 Å². The molecule has 0 aliphatic carbocycles. The van der Waals surface area contributed by atoms with Crippen LogP contribution in [0.5, 0.6) is 0 Å². The van der Waals surface area contributed by atoms with Crippen LogP contribution in [-0.4, -0.2) is 0 Å². The Morgan fingerprint density at radius 2 is 1.50 bits per heavy atom. The summed E-state index contributed by atoms with van der Waals surface area (Å²) >= 11 is 0. The minimum Gasteiger partial charge on any atom is -0.359 e. The van der Waals surface area contributed by atoms with E-state index in [9.17, 15) is 0 Å². The van der Waals surface area contributed by atoms with Crippen LogP contribution in [0.25, 0.3) is 0 Å². The van der Waals surface area contributed by atoms with Crippen LogP contribution >= 0.6 is 0 Å². The van der Waals surface area contributed by atoms with E-state index in [1.807, 2.05) is 13.0 Å². The van der Waals surface area contributed by atoms with Crippen LogP contribution in [0.1, 0.15) is 60.3 Å². The number of nitrogens with one attached hydrogen (secondary N) is 1. The first-order valence-electron chi connectivity index (χ1n) is 8.78. The normalized spacial score (nSPS) is 13.7. The number of allylic oxidation sites excluding steroid dienone is 9. The van der Waals surface area contributed by atoms with E-state index in [2.05, 4.69) is 77.1 Å². The first kappa shape index (κ1) is 22.0. The third-order valence-electron chi connectivity index (χ3n) is 3.83. The summed E-state index contributed by atoms with van der Waals surface area (Å²) in [6.45, 7) is 22.5. The van der Waals surface area contributed by atoms with Crippen LogP contribution in [0, 0.1) is 0 Å². The van der Waals surface area contributed by atoms with Crippen LogP contribution in [-0.2, 0) is 0 Å². The standard InChI is InChI=1S/C23H35N/c1-9-15-21(7)23(24-18(3)4)22(8)17-14-12-11-13-16-20(6)19(5)10-2/h10,13-14,16-17,24H,2-3,8-9,11-12,15H2,1,4-7H3/b16-13-,17-14-,20-19-,23-21-. The zero-order valence-electron chi connectivity index (χ0n) is 16.3. The molecule has 0 fully saturated rings. The van der Waals surface area contributed by atoms with Crippen molar-refractivity contribution in [1.82, 2.24) is 5.32 Å². The fourth-order valence-electron chi connectivity index (χ4n) is 2.23. The molecular weight excluding hydrogens is 290 g/mol. The van der Waals surface area contributed by atoms with Gasteiger partial charge in [0.25, 0.3) is 0 Å². The van der Waals surface area contributed by atoms with E-state index in [0.717, 1.165) is 42.7 Å². The Labute approximate surface area is 149 Å². The molecule has 0 saturated carbocycles. The predicted molar refractivity (Wildman–Crippen MR) is 111 cm³/mol. The summed E-state index contributed by atoms with van der Waals surface area (Å²) in [5.41, 5.74) is 6.89. The van der Waals surface area contributed by atoms with Gasteiger partial charge in [0.05, 0.1) is 0 Å². The molecule has 1 nitrogen and oxygen atoms in total. The van der Waals surface area contributed by atoms with E-state index < -0.39 is 0 Å². The molecule has 0 unspecified atom stereocenters. The maximum Gasteiger partial charge on any atom is 0.0438 e. The minimum atomic E-state index is 0.942. The van der Waals surface area contributed by atoms with Gasteiger partial charge in [-0.05, 0) is 69.2 Å². The Morgan fingerprint density at radius 1 is 0.917 bits per heavy atom. The van der Waals surface area contributed by atoms with E-state index in [0.29, 0.717) is 0 Å². The second kappa shape index (κ2) is 12.4. The smallest absolute Gasteiger partial charge is 0.0438 e. The number of rotatable bonds is 11. The molecule has 0 spiro atoms. The van der Waals surface area contributed by atoms with Gasteiger partial charge in [0.1, 0.15) is 0 Å². The lowest BCUT2D eigenvalue weighted by molar-refractivity contribution is 0.860. The largest absolute Gasteiger partial charge is 0.359 e. The molecule has 132 valence electrons. The highest BCUT2D eigenvalue weighted by Crippen LogP contribution is 2.17. The summed E-state index contributed by atoms with van der Waals surface area (Å²) in [4.78, 5) is 0. The van der Waals surface area contributed by atoms with Gasteiger partial charge in [0.15, 0.2) is 0 Å². The third kappa shape index (κ3) is 9.19. The Morgan fingerprint density at radius 3 is 2.00 bits per heavy atom. The summed E-state index contributed by atoms with van der Waals surface area (Å²) in [6, 6.07) is 0. The molecule has 1 N–H and O–H groups in total. The van der Waals surface area contributed by atoms with Gasteiger partial charge in [-0.15, -0.1) is 0 Å². The highest BCUT2D eigenvalue weighted by Gasteiger charge is 2.04. The van der Waals surface area contributed by atoms with E-state index >= 15 is 0 Å². The van der Waals surface area contributed by atoms with Gasteiger partial charge in [0, 0.05) is 11.4 Å². The Kier molecular flexibility index (Phi) is 11.4. The topological polar surface area (TPSA) is 12.0 Å². The summed E-state index contributed by atoms with van der Waals surface area (Å²) in [6.07, 6.45) is 14.8. The lowest BCUT2D eigenvalue weighted by Crippen LogP contribution is -2.13. The third-order valence-corrected chi connectivity index (χ3v) is 3.83. The maximum absolute atomic E-state index is 4.21. The van der Waals surface area contributed by atoms with Crippen molar-refractivity contribution in [3.63, 3.8) is 0 Å². The quantitative estimate of drug-likeness (QED) is 0.314. The highest BCUT2D eigenvalue weighted by atomic mass is 14.9. The Hall–Kier alpha value is -2.02. The highest BCUT2D eigenvalue weighted by molar-refractivity contribution is 5.40. The van der Waals surface area contributed by atoms with Gasteiger partial charge in [-0.1, -0.05) is 63.5 Å². The monoisotopic (exact) mass is 325 g/mol. The zero-order valence-corrected chi connectivity index (χ0v) is 16.3. The summed E-state index contributed by atoms with van der Waals surface area (Å²) in [7, 11) is 0. The first-order chi connectivity index (χ1) is 11.3. The fourth-order valence-corrected chi connectivity index (χ4v) is 2.23. The molecule has 1 heteroatoms. The van der Waals surface area contributed by atoms with Gasteiger partial charge in [-0.25, -0.2) is 0 Å². The number of unbranched alkanes of at least 4 members (excludes halogenated alkanes) is 1. The minimum absolute atomic E-state index is 0.942. The second-order valence-corrected chi connectivity index (χ2v) is 6.29.